The highest BCUT2D eigenvalue weighted by Gasteiger charge is 2.32. The zero-order valence-electron chi connectivity index (χ0n) is 12.3. The molecule has 2 aliphatic heterocycles. The van der Waals surface area contributed by atoms with E-state index in [0.29, 0.717) is 17.7 Å². The van der Waals surface area contributed by atoms with Gasteiger partial charge in [0.2, 0.25) is 5.91 Å². The summed E-state index contributed by atoms with van der Waals surface area (Å²) < 4.78 is 0. The van der Waals surface area contributed by atoms with Crippen LogP contribution in [0.5, 0.6) is 0 Å². The maximum absolute atomic E-state index is 12.4. The van der Waals surface area contributed by atoms with E-state index in [2.05, 4.69) is 16.7 Å². The lowest BCUT2D eigenvalue weighted by Crippen LogP contribution is -2.41. The van der Waals surface area contributed by atoms with Crippen molar-refractivity contribution in [3.05, 3.63) is 0 Å². The third kappa shape index (κ3) is 3.50. The molecule has 3 aliphatic rings. The molecule has 0 aromatic carbocycles. The monoisotopic (exact) mass is 264 g/mol. The molecule has 19 heavy (non-hydrogen) atoms. The smallest absolute Gasteiger partial charge is 0.222 e. The van der Waals surface area contributed by atoms with Crippen LogP contribution in [0.4, 0.5) is 0 Å². The summed E-state index contributed by atoms with van der Waals surface area (Å²) in [7, 11) is 0. The summed E-state index contributed by atoms with van der Waals surface area (Å²) in [5.41, 5.74) is 0. The number of nitrogens with zero attached hydrogens (tertiary/aromatic N) is 2. The van der Waals surface area contributed by atoms with Crippen LogP contribution in [0.15, 0.2) is 0 Å². The van der Waals surface area contributed by atoms with Crippen LogP contribution in [0.1, 0.15) is 51.9 Å². The molecule has 1 saturated carbocycles. The van der Waals surface area contributed by atoms with Crippen molar-refractivity contribution < 1.29 is 4.79 Å². The quantitative estimate of drug-likeness (QED) is 0.782. The Morgan fingerprint density at radius 1 is 1.05 bits per heavy atom. The number of rotatable bonds is 3. The van der Waals surface area contributed by atoms with Gasteiger partial charge in [0.1, 0.15) is 0 Å². The summed E-state index contributed by atoms with van der Waals surface area (Å²) in [5, 5.41) is 0. The predicted molar refractivity (Wildman–Crippen MR) is 76.9 cm³/mol. The molecule has 0 aromatic rings. The van der Waals surface area contributed by atoms with E-state index in [1.165, 1.54) is 51.6 Å². The van der Waals surface area contributed by atoms with Gasteiger partial charge in [0.15, 0.2) is 0 Å². The lowest BCUT2D eigenvalue weighted by Gasteiger charge is -2.35. The third-order valence-electron chi connectivity index (χ3n) is 5.19. The number of amides is 1. The molecule has 1 aliphatic carbocycles. The Bertz CT molecular complexity index is 319. The average molecular weight is 264 g/mol. The van der Waals surface area contributed by atoms with Gasteiger partial charge in [0, 0.05) is 25.6 Å². The fourth-order valence-corrected chi connectivity index (χ4v) is 3.75. The molecule has 1 amide bonds. The molecule has 2 heterocycles. The van der Waals surface area contributed by atoms with Gasteiger partial charge in [0.25, 0.3) is 0 Å². The van der Waals surface area contributed by atoms with Crippen molar-refractivity contribution in [3.63, 3.8) is 0 Å². The number of carbonyl (C=O) groups excluding carboxylic acids is 1. The second kappa shape index (κ2) is 5.82. The maximum atomic E-state index is 12.4. The van der Waals surface area contributed by atoms with Crippen LogP contribution >= 0.6 is 0 Å². The van der Waals surface area contributed by atoms with Crippen molar-refractivity contribution in [2.45, 2.75) is 57.9 Å². The van der Waals surface area contributed by atoms with Crippen molar-refractivity contribution in [2.75, 3.05) is 26.2 Å². The predicted octanol–water partition coefficient (Wildman–Crippen LogP) is 2.51. The van der Waals surface area contributed by atoms with E-state index in [-0.39, 0.29) is 0 Å². The largest absolute Gasteiger partial charge is 0.342 e. The van der Waals surface area contributed by atoms with Crippen molar-refractivity contribution >= 4 is 5.91 Å². The summed E-state index contributed by atoms with van der Waals surface area (Å²) in [6.45, 7) is 6.75. The average Bonchev–Trinajstić information content (AvgIpc) is 3.24. The van der Waals surface area contributed by atoms with E-state index >= 15 is 0 Å². The maximum Gasteiger partial charge on any atom is 0.222 e. The minimum atomic E-state index is 0.427. The molecular weight excluding hydrogens is 236 g/mol. The summed E-state index contributed by atoms with van der Waals surface area (Å²) in [4.78, 5) is 17.1. The zero-order chi connectivity index (χ0) is 13.2. The van der Waals surface area contributed by atoms with Crippen molar-refractivity contribution in [2.24, 2.45) is 11.8 Å². The summed E-state index contributed by atoms with van der Waals surface area (Å²) in [5.74, 6) is 1.78. The van der Waals surface area contributed by atoms with Gasteiger partial charge in [-0.2, -0.15) is 0 Å². The molecule has 1 unspecified atom stereocenters. The van der Waals surface area contributed by atoms with Gasteiger partial charge >= 0.3 is 0 Å². The molecule has 1 atom stereocenters. The standard InChI is InChI=1S/C16H28N2O/c1-13-3-2-8-18(12-13)16(19)11-14-6-9-17(10-7-14)15-4-5-15/h13-15H,2-12H2,1H3. The molecule has 3 rings (SSSR count). The number of carbonyl (C=O) groups is 1. The highest BCUT2D eigenvalue weighted by atomic mass is 16.2. The molecule has 3 heteroatoms. The highest BCUT2D eigenvalue weighted by molar-refractivity contribution is 5.76. The Labute approximate surface area is 117 Å². The van der Waals surface area contributed by atoms with Gasteiger partial charge < -0.3 is 9.80 Å². The van der Waals surface area contributed by atoms with Gasteiger partial charge in [0.05, 0.1) is 0 Å². The van der Waals surface area contributed by atoms with E-state index in [1.807, 2.05) is 0 Å². The van der Waals surface area contributed by atoms with Crippen molar-refractivity contribution in [3.8, 4) is 0 Å². The Hall–Kier alpha value is -0.570. The van der Waals surface area contributed by atoms with E-state index in [1.54, 1.807) is 0 Å². The van der Waals surface area contributed by atoms with Crippen LogP contribution in [-0.2, 0) is 4.79 Å². The second-order valence-electron chi connectivity index (χ2n) is 7.00. The van der Waals surface area contributed by atoms with Crippen LogP contribution in [0.2, 0.25) is 0 Å². The minimum Gasteiger partial charge on any atom is -0.342 e. The summed E-state index contributed by atoms with van der Waals surface area (Å²) in [6, 6.07) is 0.902. The molecule has 3 nitrogen and oxygen atoms in total. The van der Waals surface area contributed by atoms with E-state index in [9.17, 15) is 4.79 Å². The first-order chi connectivity index (χ1) is 9.22. The highest BCUT2D eigenvalue weighted by Crippen LogP contribution is 2.32. The van der Waals surface area contributed by atoms with Gasteiger partial charge in [-0.3, -0.25) is 4.79 Å². The second-order valence-corrected chi connectivity index (χ2v) is 7.00. The Morgan fingerprint density at radius 3 is 2.42 bits per heavy atom. The molecule has 0 bridgehead atoms. The van der Waals surface area contributed by atoms with Crippen molar-refractivity contribution in [1.29, 1.82) is 0 Å². The summed E-state index contributed by atoms with van der Waals surface area (Å²) >= 11 is 0. The lowest BCUT2D eigenvalue weighted by atomic mass is 9.92. The van der Waals surface area contributed by atoms with E-state index < -0.39 is 0 Å². The molecule has 0 spiro atoms. The van der Waals surface area contributed by atoms with E-state index in [0.717, 1.165) is 25.6 Å². The molecular formula is C16H28N2O. The van der Waals surface area contributed by atoms with Crippen LogP contribution in [-0.4, -0.2) is 47.9 Å². The Balaban J connectivity index is 1.42. The number of likely N-dealkylation sites (tertiary alicyclic amines) is 2. The Morgan fingerprint density at radius 2 is 1.79 bits per heavy atom. The number of piperidine rings is 2. The Kier molecular flexibility index (Phi) is 4.11. The molecule has 108 valence electrons. The minimum absolute atomic E-state index is 0.427. The first kappa shape index (κ1) is 13.4. The topological polar surface area (TPSA) is 23.6 Å². The molecule has 2 saturated heterocycles. The lowest BCUT2D eigenvalue weighted by molar-refractivity contribution is -0.134. The number of hydrogen-bond acceptors (Lipinski definition) is 2. The first-order valence-corrected chi connectivity index (χ1v) is 8.24. The van der Waals surface area contributed by atoms with Crippen molar-refractivity contribution in [1.82, 2.24) is 9.80 Å². The fourth-order valence-electron chi connectivity index (χ4n) is 3.75. The third-order valence-corrected chi connectivity index (χ3v) is 5.19. The van der Waals surface area contributed by atoms with Gasteiger partial charge in [-0.15, -0.1) is 0 Å². The van der Waals surface area contributed by atoms with Gasteiger partial charge in [-0.25, -0.2) is 0 Å². The zero-order valence-corrected chi connectivity index (χ0v) is 12.3. The number of hydrogen-bond donors (Lipinski definition) is 0. The van der Waals surface area contributed by atoms with Gasteiger partial charge in [-0.05, 0) is 63.5 Å². The fraction of sp³-hybridized carbons (Fsp3) is 0.938. The molecule has 3 fully saturated rings. The molecule has 0 aromatic heterocycles. The van der Waals surface area contributed by atoms with Crippen LogP contribution in [0.25, 0.3) is 0 Å². The summed E-state index contributed by atoms with van der Waals surface area (Å²) in [6.07, 6.45) is 8.61. The van der Waals surface area contributed by atoms with Crippen LogP contribution in [0.3, 0.4) is 0 Å². The van der Waals surface area contributed by atoms with E-state index in [4.69, 9.17) is 0 Å². The van der Waals surface area contributed by atoms with Crippen LogP contribution < -0.4 is 0 Å². The molecule has 0 radical (unpaired) electrons. The van der Waals surface area contributed by atoms with Crippen LogP contribution in [0, 0.1) is 11.8 Å². The molecule has 0 N–H and O–H groups in total. The first-order valence-electron chi connectivity index (χ1n) is 8.24. The SMILES string of the molecule is CC1CCCN(C(=O)CC2CCN(C3CC3)CC2)C1. The van der Waals surface area contributed by atoms with Gasteiger partial charge in [-0.1, -0.05) is 6.92 Å². The normalized spacial score (nSPS) is 30.6.